The number of rotatable bonds is 2. The van der Waals surface area contributed by atoms with E-state index in [1.165, 1.54) is 7.11 Å². The molecule has 1 atom stereocenters. The Morgan fingerprint density at radius 2 is 2.04 bits per heavy atom. The van der Waals surface area contributed by atoms with Gasteiger partial charge in [0.15, 0.2) is 23.6 Å². The summed E-state index contributed by atoms with van der Waals surface area (Å²) >= 11 is 0. The fourth-order valence-corrected chi connectivity index (χ4v) is 2.84. The molecule has 4 rings (SSSR count). The number of anilines is 1. The molecule has 0 spiro atoms. The van der Waals surface area contributed by atoms with Crippen molar-refractivity contribution in [2.75, 3.05) is 12.4 Å². The highest BCUT2D eigenvalue weighted by Gasteiger charge is 2.27. The molecule has 1 aromatic heterocycles. The first-order chi connectivity index (χ1) is 11.2. The van der Waals surface area contributed by atoms with Crippen LogP contribution in [0.25, 0.3) is 11.0 Å². The van der Waals surface area contributed by atoms with Gasteiger partial charge in [-0.05, 0) is 18.2 Å². The van der Waals surface area contributed by atoms with E-state index in [1.54, 1.807) is 18.2 Å². The smallest absolute Gasteiger partial charge is 0.212 e. The predicted molar refractivity (Wildman–Crippen MR) is 87.8 cm³/mol. The van der Waals surface area contributed by atoms with Crippen LogP contribution < -0.4 is 15.8 Å². The highest BCUT2D eigenvalue weighted by atomic mass is 16.5. The van der Waals surface area contributed by atoms with Gasteiger partial charge in [-0.1, -0.05) is 24.3 Å². The maximum Gasteiger partial charge on any atom is 0.212 e. The number of hydrogen-bond acceptors (Lipinski definition) is 6. The van der Waals surface area contributed by atoms with Crippen molar-refractivity contribution >= 4 is 22.9 Å². The molecule has 1 aliphatic rings. The van der Waals surface area contributed by atoms with E-state index >= 15 is 0 Å². The van der Waals surface area contributed by atoms with Crippen molar-refractivity contribution < 1.29 is 9.84 Å². The molecule has 116 valence electrons. The fourth-order valence-electron chi connectivity index (χ4n) is 2.84. The van der Waals surface area contributed by atoms with Crippen molar-refractivity contribution in [3.05, 3.63) is 48.0 Å². The molecule has 7 nitrogen and oxygen atoms in total. The standard InChI is InChI=1S/C16H15N5O2/c1-23-12-8-4-5-9(13(12)22)14-19-15(17)20-16-18-10-6-2-3-7-11(10)21(14)16/h2-8,14,22H,1H3,(H3,17,18,19,20)/t14-/m0/s1. The first-order valence-electron chi connectivity index (χ1n) is 7.12. The molecule has 0 unspecified atom stereocenters. The Morgan fingerprint density at radius 3 is 2.87 bits per heavy atom. The van der Waals surface area contributed by atoms with Gasteiger partial charge in [-0.25, -0.2) is 9.98 Å². The van der Waals surface area contributed by atoms with Crippen molar-refractivity contribution in [2.45, 2.75) is 6.17 Å². The number of benzene rings is 2. The van der Waals surface area contributed by atoms with Crippen LogP contribution in [-0.2, 0) is 0 Å². The number of nitrogens with two attached hydrogens (primary N) is 1. The molecule has 3 aromatic rings. The van der Waals surface area contributed by atoms with Crippen molar-refractivity contribution in [2.24, 2.45) is 10.7 Å². The maximum atomic E-state index is 10.5. The lowest BCUT2D eigenvalue weighted by Gasteiger charge is -2.24. The molecule has 7 heteroatoms. The molecule has 0 saturated carbocycles. The van der Waals surface area contributed by atoms with Gasteiger partial charge in [0.05, 0.1) is 18.1 Å². The summed E-state index contributed by atoms with van der Waals surface area (Å²) in [4.78, 5) is 8.97. The van der Waals surface area contributed by atoms with Gasteiger partial charge < -0.3 is 15.6 Å². The number of para-hydroxylation sites is 3. The van der Waals surface area contributed by atoms with E-state index in [4.69, 9.17) is 10.5 Å². The van der Waals surface area contributed by atoms with Crippen LogP contribution in [0.4, 0.5) is 5.95 Å². The molecule has 0 saturated heterocycles. The Morgan fingerprint density at radius 1 is 1.22 bits per heavy atom. The van der Waals surface area contributed by atoms with Crippen LogP contribution in [0.3, 0.4) is 0 Å². The van der Waals surface area contributed by atoms with Crippen LogP contribution in [0.1, 0.15) is 11.7 Å². The van der Waals surface area contributed by atoms with Crippen LogP contribution in [0.15, 0.2) is 47.5 Å². The van der Waals surface area contributed by atoms with E-state index in [2.05, 4.69) is 15.3 Å². The zero-order chi connectivity index (χ0) is 16.0. The van der Waals surface area contributed by atoms with E-state index in [-0.39, 0.29) is 11.7 Å². The van der Waals surface area contributed by atoms with Gasteiger partial charge in [-0.15, -0.1) is 0 Å². The molecular formula is C16H15N5O2. The third kappa shape index (κ3) is 1.97. The Kier molecular flexibility index (Phi) is 2.87. The Labute approximate surface area is 132 Å². The molecule has 2 heterocycles. The Hall–Kier alpha value is -3.22. The SMILES string of the molecule is COc1cccc([C@H]2N=C(N)Nc3nc4ccccc4n32)c1O. The average molecular weight is 309 g/mol. The molecule has 4 N–H and O–H groups in total. The topological polar surface area (TPSA) is 97.7 Å². The number of aromatic hydroxyl groups is 1. The predicted octanol–water partition coefficient (Wildman–Crippen LogP) is 2.04. The van der Waals surface area contributed by atoms with Crippen molar-refractivity contribution in [3.8, 4) is 11.5 Å². The normalized spacial score (nSPS) is 16.6. The zero-order valence-electron chi connectivity index (χ0n) is 12.4. The molecule has 0 bridgehead atoms. The van der Waals surface area contributed by atoms with E-state index in [0.29, 0.717) is 17.3 Å². The Bertz CT molecular complexity index is 931. The second kappa shape index (κ2) is 4.91. The zero-order valence-corrected chi connectivity index (χ0v) is 12.4. The number of nitrogens with zero attached hydrogens (tertiary/aromatic N) is 3. The second-order valence-electron chi connectivity index (χ2n) is 5.21. The molecule has 1 aliphatic heterocycles. The van der Waals surface area contributed by atoms with Crippen molar-refractivity contribution in [3.63, 3.8) is 0 Å². The van der Waals surface area contributed by atoms with Crippen molar-refractivity contribution in [1.82, 2.24) is 9.55 Å². The fraction of sp³-hybridized carbons (Fsp3) is 0.125. The summed E-state index contributed by atoms with van der Waals surface area (Å²) in [7, 11) is 1.51. The lowest BCUT2D eigenvalue weighted by atomic mass is 10.1. The number of aliphatic imine (C=N–C) groups is 1. The van der Waals surface area contributed by atoms with E-state index in [9.17, 15) is 5.11 Å². The molecule has 23 heavy (non-hydrogen) atoms. The van der Waals surface area contributed by atoms with E-state index < -0.39 is 6.17 Å². The minimum atomic E-state index is -0.520. The molecule has 2 aromatic carbocycles. The first kappa shape index (κ1) is 13.4. The lowest BCUT2D eigenvalue weighted by Crippen LogP contribution is -2.31. The summed E-state index contributed by atoms with van der Waals surface area (Å²) in [6.45, 7) is 0. The number of imidazole rings is 1. The minimum Gasteiger partial charge on any atom is -0.504 e. The van der Waals surface area contributed by atoms with Crippen molar-refractivity contribution in [1.29, 1.82) is 0 Å². The van der Waals surface area contributed by atoms with Gasteiger partial charge in [-0.3, -0.25) is 9.88 Å². The third-order valence-electron chi connectivity index (χ3n) is 3.87. The van der Waals surface area contributed by atoms with Gasteiger partial charge >= 0.3 is 0 Å². The highest BCUT2D eigenvalue weighted by Crippen LogP contribution is 2.39. The summed E-state index contributed by atoms with van der Waals surface area (Å²) in [6.07, 6.45) is -0.520. The molecule has 0 fully saturated rings. The van der Waals surface area contributed by atoms with Crippen LogP contribution in [0, 0.1) is 0 Å². The number of ether oxygens (including phenoxy) is 1. The van der Waals surface area contributed by atoms with Gasteiger partial charge in [-0.2, -0.15) is 0 Å². The van der Waals surface area contributed by atoms with Crippen LogP contribution in [-0.4, -0.2) is 27.7 Å². The average Bonchev–Trinajstić information content (AvgIpc) is 2.92. The van der Waals surface area contributed by atoms with Gasteiger partial charge in [0, 0.05) is 5.56 Å². The van der Waals surface area contributed by atoms with Crippen LogP contribution in [0.2, 0.25) is 0 Å². The first-order valence-corrected chi connectivity index (χ1v) is 7.12. The number of hydrogen-bond donors (Lipinski definition) is 3. The minimum absolute atomic E-state index is 0.0437. The molecule has 0 amide bonds. The molecular weight excluding hydrogens is 294 g/mol. The highest BCUT2D eigenvalue weighted by molar-refractivity contribution is 5.94. The quantitative estimate of drug-likeness (QED) is 0.673. The number of fused-ring (bicyclic) bond motifs is 3. The monoisotopic (exact) mass is 309 g/mol. The number of phenols is 1. The maximum absolute atomic E-state index is 10.5. The van der Waals surface area contributed by atoms with E-state index in [1.807, 2.05) is 28.8 Å². The summed E-state index contributed by atoms with van der Waals surface area (Å²) in [6, 6.07) is 13.0. The third-order valence-corrected chi connectivity index (χ3v) is 3.87. The summed E-state index contributed by atoms with van der Waals surface area (Å²) in [5, 5.41) is 13.4. The summed E-state index contributed by atoms with van der Waals surface area (Å²) < 4.78 is 7.09. The van der Waals surface area contributed by atoms with Gasteiger partial charge in [0.25, 0.3) is 0 Å². The largest absolute Gasteiger partial charge is 0.504 e. The summed E-state index contributed by atoms with van der Waals surface area (Å²) in [5.41, 5.74) is 8.22. The van der Waals surface area contributed by atoms with Gasteiger partial charge in [0.1, 0.15) is 0 Å². The number of nitrogens with one attached hydrogen (secondary N) is 1. The van der Waals surface area contributed by atoms with Crippen LogP contribution in [0.5, 0.6) is 11.5 Å². The molecule has 0 aliphatic carbocycles. The number of guanidine groups is 1. The Balaban J connectivity index is 1.98. The lowest BCUT2D eigenvalue weighted by molar-refractivity contribution is 0.367. The van der Waals surface area contributed by atoms with E-state index in [0.717, 1.165) is 11.0 Å². The van der Waals surface area contributed by atoms with Crippen LogP contribution >= 0.6 is 0 Å². The number of phenolic OH excluding ortho intramolecular Hbond substituents is 1. The second-order valence-corrected chi connectivity index (χ2v) is 5.21. The van der Waals surface area contributed by atoms with Gasteiger partial charge in [0.2, 0.25) is 5.95 Å². The number of aromatic nitrogens is 2. The number of methoxy groups -OCH3 is 1. The summed E-state index contributed by atoms with van der Waals surface area (Å²) in [5.74, 6) is 1.27. The molecule has 0 radical (unpaired) electrons.